The van der Waals surface area contributed by atoms with E-state index in [4.69, 9.17) is 9.72 Å². The van der Waals surface area contributed by atoms with Gasteiger partial charge < -0.3 is 14.5 Å². The van der Waals surface area contributed by atoms with Crippen LogP contribution in [0.1, 0.15) is 41.4 Å². The van der Waals surface area contributed by atoms with Crippen LogP contribution in [0.15, 0.2) is 60.8 Å². The number of morpholine rings is 1. The Kier molecular flexibility index (Phi) is 6.74. The smallest absolute Gasteiger partial charge is 0.254 e. The minimum absolute atomic E-state index is 0.0437. The lowest BCUT2D eigenvalue weighted by atomic mass is 10.0. The van der Waals surface area contributed by atoms with Gasteiger partial charge in [0.15, 0.2) is 5.65 Å². The van der Waals surface area contributed by atoms with Gasteiger partial charge in [-0.2, -0.15) is 5.10 Å². The van der Waals surface area contributed by atoms with Crippen LogP contribution in [0.25, 0.3) is 22.3 Å². The molecule has 2 aromatic heterocycles. The third-order valence-corrected chi connectivity index (χ3v) is 6.79. The number of ether oxygens (including phenoxy) is 1. The Morgan fingerprint density at radius 1 is 1.08 bits per heavy atom. The zero-order valence-electron chi connectivity index (χ0n) is 21.4. The van der Waals surface area contributed by atoms with Gasteiger partial charge in [0.2, 0.25) is 0 Å². The van der Waals surface area contributed by atoms with Crippen LogP contribution in [0.2, 0.25) is 0 Å². The summed E-state index contributed by atoms with van der Waals surface area (Å²) in [4.78, 5) is 22.8. The summed E-state index contributed by atoms with van der Waals surface area (Å²) in [6, 6.07) is 18.6. The first-order valence-electron chi connectivity index (χ1n) is 12.5. The lowest BCUT2D eigenvalue weighted by molar-refractivity contribution is 0.0787. The molecule has 0 aliphatic carbocycles. The molecule has 1 amide bonds. The Morgan fingerprint density at radius 3 is 2.50 bits per heavy atom. The quantitative estimate of drug-likeness (QED) is 0.382. The number of carbonyl (C=O) groups is 1. The molecule has 1 aliphatic rings. The van der Waals surface area contributed by atoms with E-state index in [1.165, 1.54) is 5.69 Å². The molecule has 0 spiro atoms. The summed E-state index contributed by atoms with van der Waals surface area (Å²) in [6.07, 6.45) is 1.77. The molecule has 36 heavy (non-hydrogen) atoms. The molecule has 7 nitrogen and oxygen atoms in total. The molecule has 0 saturated carbocycles. The highest BCUT2D eigenvalue weighted by molar-refractivity contribution is 6.06. The topological polar surface area (TPSA) is 63.5 Å². The first-order chi connectivity index (χ1) is 17.4. The van der Waals surface area contributed by atoms with E-state index in [0.29, 0.717) is 12.1 Å². The van der Waals surface area contributed by atoms with Crippen molar-refractivity contribution in [3.05, 3.63) is 77.5 Å². The molecule has 0 N–H and O–H groups in total. The molecule has 3 heterocycles. The third-order valence-electron chi connectivity index (χ3n) is 6.79. The first kappa shape index (κ1) is 24.0. The van der Waals surface area contributed by atoms with E-state index in [0.717, 1.165) is 59.7 Å². The van der Waals surface area contributed by atoms with Crippen molar-refractivity contribution in [3.8, 4) is 11.3 Å². The van der Waals surface area contributed by atoms with E-state index in [-0.39, 0.29) is 11.9 Å². The zero-order valence-corrected chi connectivity index (χ0v) is 21.4. The van der Waals surface area contributed by atoms with E-state index in [2.05, 4.69) is 61.1 Å². The van der Waals surface area contributed by atoms with Gasteiger partial charge in [0.25, 0.3) is 5.91 Å². The van der Waals surface area contributed by atoms with E-state index in [1.807, 2.05) is 36.0 Å². The van der Waals surface area contributed by atoms with E-state index >= 15 is 0 Å². The number of aryl methyl sites for hydroxylation is 1. The van der Waals surface area contributed by atoms with Gasteiger partial charge in [-0.05, 0) is 50.1 Å². The Hall–Kier alpha value is -3.71. The SMILES string of the molecule is Cc1ccccc1-c1cc(C(=O)N(C)Cc2ccc(N3CCOCC3)cc2)c2cnn(C(C)C)c2n1. The number of nitrogens with zero attached hydrogens (tertiary/aromatic N) is 5. The number of benzene rings is 2. The van der Waals surface area contributed by atoms with Crippen molar-refractivity contribution in [1.82, 2.24) is 19.7 Å². The molecule has 4 aromatic rings. The molecule has 0 atom stereocenters. The van der Waals surface area contributed by atoms with Gasteiger partial charge in [-0.3, -0.25) is 4.79 Å². The number of hydrogen-bond acceptors (Lipinski definition) is 5. The molecule has 186 valence electrons. The van der Waals surface area contributed by atoms with Gasteiger partial charge in [0.1, 0.15) is 0 Å². The van der Waals surface area contributed by atoms with Crippen LogP contribution in [0.5, 0.6) is 0 Å². The number of fused-ring (bicyclic) bond motifs is 1. The Bertz CT molecular complexity index is 1370. The second kappa shape index (κ2) is 10.1. The highest BCUT2D eigenvalue weighted by Gasteiger charge is 2.22. The number of hydrogen-bond donors (Lipinski definition) is 0. The van der Waals surface area contributed by atoms with Crippen molar-refractivity contribution in [1.29, 1.82) is 0 Å². The second-order valence-corrected chi connectivity index (χ2v) is 9.72. The average molecular weight is 484 g/mol. The van der Waals surface area contributed by atoms with Gasteiger partial charge >= 0.3 is 0 Å². The van der Waals surface area contributed by atoms with Crippen molar-refractivity contribution in [3.63, 3.8) is 0 Å². The predicted molar refractivity (Wildman–Crippen MR) is 143 cm³/mol. The fourth-order valence-electron chi connectivity index (χ4n) is 4.76. The van der Waals surface area contributed by atoms with Gasteiger partial charge in [0.05, 0.1) is 36.1 Å². The van der Waals surface area contributed by atoms with E-state index < -0.39 is 0 Å². The lowest BCUT2D eigenvalue weighted by Crippen LogP contribution is -2.36. The monoisotopic (exact) mass is 483 g/mol. The van der Waals surface area contributed by atoms with Crippen LogP contribution in [0, 0.1) is 6.92 Å². The van der Waals surface area contributed by atoms with Crippen LogP contribution in [0.4, 0.5) is 5.69 Å². The van der Waals surface area contributed by atoms with Gasteiger partial charge in [0, 0.05) is 44.0 Å². The molecule has 0 unspecified atom stereocenters. The molecule has 2 aromatic carbocycles. The highest BCUT2D eigenvalue weighted by Crippen LogP contribution is 2.29. The van der Waals surface area contributed by atoms with Crippen molar-refractivity contribution >= 4 is 22.6 Å². The molecule has 0 bridgehead atoms. The minimum atomic E-state index is -0.0437. The van der Waals surface area contributed by atoms with Gasteiger partial charge in [-0.15, -0.1) is 0 Å². The Morgan fingerprint density at radius 2 is 1.81 bits per heavy atom. The molecule has 0 radical (unpaired) electrons. The highest BCUT2D eigenvalue weighted by atomic mass is 16.5. The fraction of sp³-hybridized carbons (Fsp3) is 0.345. The van der Waals surface area contributed by atoms with E-state index in [1.54, 1.807) is 11.1 Å². The first-order valence-corrected chi connectivity index (χ1v) is 12.5. The standard InChI is InChI=1S/C29H33N5O2/c1-20(2)34-28-26(18-30-34)25(17-27(31-28)24-8-6-5-7-21(24)3)29(35)32(4)19-22-9-11-23(12-10-22)33-13-15-36-16-14-33/h5-12,17-18,20H,13-16,19H2,1-4H3. The molecule has 7 heteroatoms. The Balaban J connectivity index is 1.45. The number of amides is 1. The summed E-state index contributed by atoms with van der Waals surface area (Å²) in [5, 5.41) is 5.34. The van der Waals surface area contributed by atoms with Crippen LogP contribution in [0.3, 0.4) is 0 Å². The molecular formula is C29H33N5O2. The van der Waals surface area contributed by atoms with Gasteiger partial charge in [-0.1, -0.05) is 36.4 Å². The van der Waals surface area contributed by atoms with Gasteiger partial charge in [-0.25, -0.2) is 9.67 Å². The maximum absolute atomic E-state index is 13.8. The zero-order chi connectivity index (χ0) is 25.2. The van der Waals surface area contributed by atoms with Crippen LogP contribution < -0.4 is 4.90 Å². The molecule has 5 rings (SSSR count). The number of carbonyl (C=O) groups excluding carboxylic acids is 1. The molecule has 1 saturated heterocycles. The number of aromatic nitrogens is 3. The van der Waals surface area contributed by atoms with Crippen molar-refractivity contribution in [2.24, 2.45) is 0 Å². The normalized spacial score (nSPS) is 14.0. The fourth-order valence-corrected chi connectivity index (χ4v) is 4.76. The van der Waals surface area contributed by atoms with Crippen molar-refractivity contribution in [2.45, 2.75) is 33.4 Å². The van der Waals surface area contributed by atoms with E-state index in [9.17, 15) is 4.79 Å². The molecular weight excluding hydrogens is 450 g/mol. The molecule has 1 aliphatic heterocycles. The average Bonchev–Trinajstić information content (AvgIpc) is 3.33. The van der Waals surface area contributed by atoms with Crippen molar-refractivity contribution < 1.29 is 9.53 Å². The number of anilines is 1. The van der Waals surface area contributed by atoms with Crippen LogP contribution in [-0.4, -0.2) is 58.9 Å². The summed E-state index contributed by atoms with van der Waals surface area (Å²) in [7, 11) is 1.85. The van der Waals surface area contributed by atoms with Crippen molar-refractivity contribution in [2.75, 3.05) is 38.3 Å². The maximum atomic E-state index is 13.8. The number of rotatable bonds is 6. The summed E-state index contributed by atoms with van der Waals surface area (Å²) >= 11 is 0. The summed E-state index contributed by atoms with van der Waals surface area (Å²) in [5.41, 5.74) is 6.56. The predicted octanol–water partition coefficient (Wildman–Crippen LogP) is 5.10. The minimum Gasteiger partial charge on any atom is -0.378 e. The largest absolute Gasteiger partial charge is 0.378 e. The summed E-state index contributed by atoms with van der Waals surface area (Å²) in [6.45, 7) is 10.1. The van der Waals surface area contributed by atoms with Crippen LogP contribution in [-0.2, 0) is 11.3 Å². The summed E-state index contributed by atoms with van der Waals surface area (Å²) < 4.78 is 7.34. The third kappa shape index (κ3) is 4.71. The Labute approximate surface area is 212 Å². The summed E-state index contributed by atoms with van der Waals surface area (Å²) in [5.74, 6) is -0.0437. The number of pyridine rings is 1. The second-order valence-electron chi connectivity index (χ2n) is 9.72. The lowest BCUT2D eigenvalue weighted by Gasteiger charge is -2.29. The molecule has 1 fully saturated rings. The maximum Gasteiger partial charge on any atom is 0.254 e. The van der Waals surface area contributed by atoms with Crippen LogP contribution >= 0.6 is 0 Å².